The Kier molecular flexibility index (Phi) is 5.70. The molecule has 3 saturated heterocycles. The van der Waals surface area contributed by atoms with E-state index in [1.165, 1.54) is 57.8 Å². The third kappa shape index (κ3) is 3.67. The Bertz CT molecular complexity index is 988. The molecule has 0 amide bonds. The first kappa shape index (κ1) is 20.7. The maximum atomic E-state index is 13.8. The van der Waals surface area contributed by atoms with Gasteiger partial charge in [0.15, 0.2) is 5.82 Å². The highest BCUT2D eigenvalue weighted by atomic mass is 16.1. The first-order valence-corrected chi connectivity index (χ1v) is 13.3. The fourth-order valence-electron chi connectivity index (χ4n) is 7.36. The molecule has 6 rings (SSSR count). The molecule has 3 aliphatic heterocycles. The molecule has 0 N–H and O–H groups in total. The number of fused-ring (bicyclic) bond motifs is 3. The van der Waals surface area contributed by atoms with E-state index in [1.54, 1.807) is 0 Å². The Morgan fingerprint density at radius 2 is 1.38 bits per heavy atom. The van der Waals surface area contributed by atoms with E-state index < -0.39 is 0 Å². The fraction of sp³-hybridized carbons (Fsp3) is 0.704. The van der Waals surface area contributed by atoms with Crippen LogP contribution in [0, 0.1) is 0 Å². The van der Waals surface area contributed by atoms with Crippen LogP contribution < -0.4 is 10.5 Å². The molecule has 172 valence electrons. The average Bonchev–Trinajstić information content (AvgIpc) is 3.40. The van der Waals surface area contributed by atoms with Crippen molar-refractivity contribution in [3.05, 3.63) is 34.6 Å². The monoisotopic (exact) mass is 434 g/mol. The molecule has 5 nitrogen and oxygen atoms in total. The lowest BCUT2D eigenvalue weighted by atomic mass is 9.89. The van der Waals surface area contributed by atoms with Gasteiger partial charge in [0.05, 0.1) is 11.0 Å². The molecule has 2 unspecified atom stereocenters. The lowest BCUT2D eigenvalue weighted by molar-refractivity contribution is 0.0498. The minimum absolute atomic E-state index is 0.148. The summed E-state index contributed by atoms with van der Waals surface area (Å²) in [7, 11) is 0. The summed E-state index contributed by atoms with van der Waals surface area (Å²) in [4.78, 5) is 23.8. The van der Waals surface area contributed by atoms with Crippen molar-refractivity contribution >= 4 is 16.9 Å². The van der Waals surface area contributed by atoms with E-state index in [9.17, 15) is 4.79 Å². The van der Waals surface area contributed by atoms with Crippen LogP contribution in [0.4, 0.5) is 5.82 Å². The van der Waals surface area contributed by atoms with Crippen molar-refractivity contribution in [2.24, 2.45) is 0 Å². The number of rotatable bonds is 3. The molecule has 0 radical (unpaired) electrons. The molecule has 0 spiro atoms. The van der Waals surface area contributed by atoms with Gasteiger partial charge >= 0.3 is 0 Å². The van der Waals surface area contributed by atoms with Crippen molar-refractivity contribution in [1.29, 1.82) is 0 Å². The highest BCUT2D eigenvalue weighted by molar-refractivity contribution is 5.76. The fourth-order valence-corrected chi connectivity index (χ4v) is 7.36. The predicted octanol–water partition coefficient (Wildman–Crippen LogP) is 5.28. The summed E-state index contributed by atoms with van der Waals surface area (Å²) < 4.78 is 2.16. The lowest BCUT2D eigenvalue weighted by Crippen LogP contribution is -2.50. The third-order valence-electron chi connectivity index (χ3n) is 8.81. The maximum absolute atomic E-state index is 13.8. The van der Waals surface area contributed by atoms with Crippen LogP contribution >= 0.6 is 0 Å². The SMILES string of the molecule is O=c1c(N2CCCC2)nc2ccccc2n1C1CC2CCC(C1)N2C1CCCCCCC1. The number of benzene rings is 1. The van der Waals surface area contributed by atoms with Crippen LogP contribution in [0.25, 0.3) is 11.0 Å². The highest BCUT2D eigenvalue weighted by Crippen LogP contribution is 2.44. The zero-order chi connectivity index (χ0) is 21.5. The number of hydrogen-bond donors (Lipinski definition) is 0. The Hall–Kier alpha value is -1.88. The maximum Gasteiger partial charge on any atom is 0.294 e. The average molecular weight is 435 g/mol. The number of piperidine rings is 1. The summed E-state index contributed by atoms with van der Waals surface area (Å²) in [6, 6.07) is 10.7. The summed E-state index contributed by atoms with van der Waals surface area (Å²) >= 11 is 0. The summed E-state index contributed by atoms with van der Waals surface area (Å²) in [6.07, 6.45) is 17.0. The first-order valence-electron chi connectivity index (χ1n) is 13.3. The number of anilines is 1. The summed E-state index contributed by atoms with van der Waals surface area (Å²) in [6.45, 7) is 1.93. The molecule has 1 saturated carbocycles. The van der Waals surface area contributed by atoms with E-state index in [2.05, 4.69) is 38.6 Å². The Balaban J connectivity index is 1.33. The van der Waals surface area contributed by atoms with Crippen LogP contribution in [-0.4, -0.2) is 45.7 Å². The minimum atomic E-state index is 0.148. The van der Waals surface area contributed by atoms with E-state index >= 15 is 0 Å². The summed E-state index contributed by atoms with van der Waals surface area (Å²) in [5, 5.41) is 0. The Labute approximate surface area is 191 Å². The van der Waals surface area contributed by atoms with E-state index in [4.69, 9.17) is 4.98 Å². The molecule has 4 aliphatic rings. The molecule has 1 aromatic carbocycles. The van der Waals surface area contributed by atoms with Gasteiger partial charge in [0.25, 0.3) is 5.56 Å². The number of nitrogens with zero attached hydrogens (tertiary/aromatic N) is 4. The van der Waals surface area contributed by atoms with Gasteiger partial charge in [0, 0.05) is 37.3 Å². The molecule has 2 aromatic rings. The van der Waals surface area contributed by atoms with Gasteiger partial charge in [-0.15, -0.1) is 0 Å². The topological polar surface area (TPSA) is 41.4 Å². The molecule has 1 aromatic heterocycles. The van der Waals surface area contributed by atoms with Crippen LogP contribution in [0.3, 0.4) is 0 Å². The Morgan fingerprint density at radius 3 is 2.09 bits per heavy atom. The normalized spacial score (nSPS) is 30.0. The zero-order valence-electron chi connectivity index (χ0n) is 19.4. The van der Waals surface area contributed by atoms with Crippen LogP contribution in [0.15, 0.2) is 29.1 Å². The molecular formula is C27H38N4O. The third-order valence-corrected chi connectivity index (χ3v) is 8.81. The van der Waals surface area contributed by atoms with Crippen LogP contribution in [0.2, 0.25) is 0 Å². The second-order valence-corrected chi connectivity index (χ2v) is 10.7. The van der Waals surface area contributed by atoms with Crippen molar-refractivity contribution in [3.8, 4) is 0 Å². The molecule has 2 atom stereocenters. The molecule has 2 bridgehead atoms. The highest BCUT2D eigenvalue weighted by Gasteiger charge is 2.44. The summed E-state index contributed by atoms with van der Waals surface area (Å²) in [5.74, 6) is 0.691. The number of aromatic nitrogens is 2. The van der Waals surface area contributed by atoms with Crippen LogP contribution in [0.5, 0.6) is 0 Å². The van der Waals surface area contributed by atoms with Gasteiger partial charge in [0.1, 0.15) is 0 Å². The van der Waals surface area contributed by atoms with Gasteiger partial charge in [-0.1, -0.05) is 44.2 Å². The van der Waals surface area contributed by atoms with Gasteiger partial charge in [-0.25, -0.2) is 4.98 Å². The smallest absolute Gasteiger partial charge is 0.294 e. The van der Waals surface area contributed by atoms with Gasteiger partial charge in [0.2, 0.25) is 0 Å². The van der Waals surface area contributed by atoms with Gasteiger partial charge in [-0.2, -0.15) is 0 Å². The van der Waals surface area contributed by atoms with Crippen molar-refractivity contribution in [3.63, 3.8) is 0 Å². The second kappa shape index (κ2) is 8.81. The van der Waals surface area contributed by atoms with E-state index in [0.29, 0.717) is 23.9 Å². The minimum Gasteiger partial charge on any atom is -0.352 e. The van der Waals surface area contributed by atoms with Crippen molar-refractivity contribution in [2.75, 3.05) is 18.0 Å². The van der Waals surface area contributed by atoms with Gasteiger partial charge < -0.3 is 9.47 Å². The summed E-state index contributed by atoms with van der Waals surface area (Å²) in [5.41, 5.74) is 2.16. The number of para-hydroxylation sites is 2. The lowest BCUT2D eigenvalue weighted by Gasteiger charge is -2.45. The number of hydrogen-bond acceptors (Lipinski definition) is 4. The van der Waals surface area contributed by atoms with Crippen LogP contribution in [0.1, 0.15) is 89.5 Å². The molecule has 1 aliphatic carbocycles. The Morgan fingerprint density at radius 1 is 0.719 bits per heavy atom. The first-order chi connectivity index (χ1) is 15.8. The standard InChI is InChI=1S/C27H38N4O/c32-27-26(29-16-8-9-17-29)28-24-12-6-7-13-25(24)31(27)23-18-21-14-15-22(19-23)30(21)20-10-4-2-1-3-5-11-20/h6-7,12-13,20-23H,1-5,8-11,14-19H2. The molecule has 4 heterocycles. The van der Waals surface area contributed by atoms with Crippen molar-refractivity contribution < 1.29 is 0 Å². The van der Waals surface area contributed by atoms with Crippen molar-refractivity contribution in [2.45, 2.75) is 108 Å². The molecule has 32 heavy (non-hydrogen) atoms. The largest absolute Gasteiger partial charge is 0.352 e. The van der Waals surface area contributed by atoms with Gasteiger partial charge in [-0.05, 0) is 63.5 Å². The molecular weight excluding hydrogens is 396 g/mol. The zero-order valence-corrected chi connectivity index (χ0v) is 19.4. The van der Waals surface area contributed by atoms with Crippen molar-refractivity contribution in [1.82, 2.24) is 14.5 Å². The predicted molar refractivity (Wildman–Crippen MR) is 130 cm³/mol. The molecule has 4 fully saturated rings. The molecule has 5 heteroatoms. The van der Waals surface area contributed by atoms with E-state index in [1.807, 2.05) is 0 Å². The van der Waals surface area contributed by atoms with Gasteiger partial charge in [-0.3, -0.25) is 9.69 Å². The van der Waals surface area contributed by atoms with E-state index in [0.717, 1.165) is 55.8 Å². The van der Waals surface area contributed by atoms with E-state index in [-0.39, 0.29) is 5.56 Å². The quantitative estimate of drug-likeness (QED) is 0.659. The van der Waals surface area contributed by atoms with Crippen LogP contribution in [-0.2, 0) is 0 Å². The second-order valence-electron chi connectivity index (χ2n) is 10.7.